The van der Waals surface area contributed by atoms with Crippen LogP contribution in [0.15, 0.2) is 21.9 Å². The molecule has 4 atom stereocenters. The summed E-state index contributed by atoms with van der Waals surface area (Å²) in [7, 11) is 0. The topological polar surface area (TPSA) is 125 Å². The highest BCUT2D eigenvalue weighted by molar-refractivity contribution is 4.93. The molecule has 2 rings (SSSR count). The van der Waals surface area contributed by atoms with Crippen molar-refractivity contribution in [2.75, 3.05) is 6.61 Å². The van der Waals surface area contributed by atoms with E-state index in [4.69, 9.17) is 9.84 Å². The normalized spacial score (nSPS) is 32.9. The van der Waals surface area contributed by atoms with Gasteiger partial charge in [0.25, 0.3) is 5.56 Å². The molecule has 8 nitrogen and oxygen atoms in total. The summed E-state index contributed by atoms with van der Waals surface area (Å²) in [6.07, 6.45) is -3.96. The van der Waals surface area contributed by atoms with E-state index in [0.717, 1.165) is 6.07 Å². The molecule has 0 aliphatic carbocycles. The van der Waals surface area contributed by atoms with Crippen LogP contribution in [0.2, 0.25) is 0 Å². The first kappa shape index (κ1) is 12.0. The number of nitrogens with one attached hydrogen (secondary N) is 1. The van der Waals surface area contributed by atoms with Gasteiger partial charge in [0, 0.05) is 12.3 Å². The molecule has 94 valence electrons. The number of nitrogens with zero attached hydrogens (tertiary/aromatic N) is 1. The van der Waals surface area contributed by atoms with Crippen LogP contribution >= 0.6 is 0 Å². The lowest BCUT2D eigenvalue weighted by atomic mass is 10.1. The van der Waals surface area contributed by atoms with E-state index in [1.165, 1.54) is 6.20 Å². The summed E-state index contributed by atoms with van der Waals surface area (Å²) in [5.74, 6) is 0. The summed E-state index contributed by atoms with van der Waals surface area (Å²) < 4.78 is 5.73. The van der Waals surface area contributed by atoms with Crippen LogP contribution in [0.1, 0.15) is 6.23 Å². The molecule has 0 spiro atoms. The second kappa shape index (κ2) is 4.41. The third-order valence-electron chi connectivity index (χ3n) is 2.66. The number of aromatic nitrogens is 2. The van der Waals surface area contributed by atoms with Crippen molar-refractivity contribution in [3.8, 4) is 0 Å². The Labute approximate surface area is 94.7 Å². The van der Waals surface area contributed by atoms with Crippen molar-refractivity contribution in [3.63, 3.8) is 0 Å². The van der Waals surface area contributed by atoms with Crippen LogP contribution < -0.4 is 11.2 Å². The first-order chi connectivity index (χ1) is 8.06. The summed E-state index contributed by atoms with van der Waals surface area (Å²) in [6.45, 7) is -0.520. The third kappa shape index (κ3) is 1.91. The summed E-state index contributed by atoms with van der Waals surface area (Å²) in [5, 5.41) is 28.1. The molecule has 1 aromatic rings. The number of ether oxygens (including phenoxy) is 1. The fourth-order valence-corrected chi connectivity index (χ4v) is 1.77. The molecule has 1 saturated heterocycles. The molecule has 1 aromatic heterocycles. The van der Waals surface area contributed by atoms with Crippen LogP contribution in [0.25, 0.3) is 0 Å². The monoisotopic (exact) mass is 244 g/mol. The van der Waals surface area contributed by atoms with Crippen LogP contribution in [0.5, 0.6) is 0 Å². The number of rotatable bonds is 2. The van der Waals surface area contributed by atoms with Gasteiger partial charge in [-0.1, -0.05) is 0 Å². The zero-order chi connectivity index (χ0) is 12.6. The van der Waals surface area contributed by atoms with Gasteiger partial charge < -0.3 is 25.0 Å². The Hall–Kier alpha value is -1.48. The van der Waals surface area contributed by atoms with E-state index in [2.05, 4.69) is 4.98 Å². The third-order valence-corrected chi connectivity index (χ3v) is 2.66. The number of aromatic amines is 1. The van der Waals surface area contributed by atoms with Crippen molar-refractivity contribution in [2.24, 2.45) is 0 Å². The van der Waals surface area contributed by atoms with E-state index in [1.807, 2.05) is 0 Å². The van der Waals surface area contributed by atoms with E-state index in [1.54, 1.807) is 0 Å². The highest BCUT2D eigenvalue weighted by atomic mass is 16.6. The molecule has 1 unspecified atom stereocenters. The van der Waals surface area contributed by atoms with Gasteiger partial charge in [-0.05, 0) is 0 Å². The van der Waals surface area contributed by atoms with Crippen LogP contribution in [0.4, 0.5) is 0 Å². The van der Waals surface area contributed by atoms with Gasteiger partial charge in [0.05, 0.1) is 6.61 Å². The van der Waals surface area contributed by atoms with E-state index in [9.17, 15) is 19.8 Å². The summed E-state index contributed by atoms with van der Waals surface area (Å²) in [5.41, 5.74) is -1.42. The minimum atomic E-state index is -1.45. The van der Waals surface area contributed by atoms with E-state index in [0.29, 0.717) is 4.57 Å². The second-order valence-electron chi connectivity index (χ2n) is 3.72. The zero-order valence-corrected chi connectivity index (χ0v) is 8.68. The standard InChI is InChI=1S/C9H12N2O6/c12-3-4-6(14)7(15)8(17-4)11-5(13)1-2-10-9(11)16/h1-2,4,6-8,12,14-15H,3H2,(H,10,16)/t4-,6+,7-,8?/m1/s1. The first-order valence-corrected chi connectivity index (χ1v) is 4.99. The molecule has 8 heteroatoms. The van der Waals surface area contributed by atoms with E-state index < -0.39 is 42.4 Å². The van der Waals surface area contributed by atoms with Crippen molar-refractivity contribution in [2.45, 2.75) is 24.5 Å². The Morgan fingerprint density at radius 3 is 2.59 bits per heavy atom. The van der Waals surface area contributed by atoms with Gasteiger partial charge in [-0.25, -0.2) is 9.36 Å². The molecule has 0 saturated carbocycles. The lowest BCUT2D eigenvalue weighted by Crippen LogP contribution is -2.42. The fourth-order valence-electron chi connectivity index (χ4n) is 1.77. The van der Waals surface area contributed by atoms with Gasteiger partial charge in [-0.3, -0.25) is 4.79 Å². The largest absolute Gasteiger partial charge is 0.394 e. The highest BCUT2D eigenvalue weighted by Gasteiger charge is 2.44. The molecule has 2 heterocycles. The molecule has 0 radical (unpaired) electrons. The molecular formula is C9H12N2O6. The lowest BCUT2D eigenvalue weighted by Gasteiger charge is -2.15. The van der Waals surface area contributed by atoms with Gasteiger partial charge in [0.15, 0.2) is 6.23 Å². The first-order valence-electron chi connectivity index (χ1n) is 4.99. The van der Waals surface area contributed by atoms with Gasteiger partial charge >= 0.3 is 5.69 Å². The molecule has 0 bridgehead atoms. The minimum absolute atomic E-state index is 0.520. The molecule has 0 aromatic carbocycles. The molecule has 1 fully saturated rings. The zero-order valence-electron chi connectivity index (χ0n) is 8.68. The number of hydrogen-bond donors (Lipinski definition) is 4. The molecule has 0 amide bonds. The Bertz CT molecular complexity index is 480. The van der Waals surface area contributed by atoms with Crippen LogP contribution in [-0.4, -0.2) is 49.8 Å². The van der Waals surface area contributed by atoms with E-state index in [-0.39, 0.29) is 0 Å². The van der Waals surface area contributed by atoms with Gasteiger partial charge in [0.2, 0.25) is 0 Å². The SMILES string of the molecule is O=c1cc[nH]c(=O)n1C1O[C@H](CO)[C@H](O)[C@H]1O. The van der Waals surface area contributed by atoms with Gasteiger partial charge in [-0.15, -0.1) is 0 Å². The average molecular weight is 244 g/mol. The van der Waals surface area contributed by atoms with Crippen molar-refractivity contribution in [1.82, 2.24) is 9.55 Å². The molecular weight excluding hydrogens is 232 g/mol. The average Bonchev–Trinajstić information content (AvgIpc) is 2.57. The van der Waals surface area contributed by atoms with Gasteiger partial charge in [-0.2, -0.15) is 0 Å². The summed E-state index contributed by atoms with van der Waals surface area (Å²) in [4.78, 5) is 25.2. The van der Waals surface area contributed by atoms with E-state index >= 15 is 0 Å². The Balaban J connectivity index is 2.42. The van der Waals surface area contributed by atoms with Crippen LogP contribution in [0.3, 0.4) is 0 Å². The minimum Gasteiger partial charge on any atom is -0.394 e. The van der Waals surface area contributed by atoms with Crippen LogP contribution in [-0.2, 0) is 4.74 Å². The highest BCUT2D eigenvalue weighted by Crippen LogP contribution is 2.26. The van der Waals surface area contributed by atoms with Crippen molar-refractivity contribution < 1.29 is 20.1 Å². The van der Waals surface area contributed by atoms with Crippen molar-refractivity contribution in [3.05, 3.63) is 33.1 Å². The number of H-pyrrole nitrogens is 1. The summed E-state index contributed by atoms with van der Waals surface area (Å²) >= 11 is 0. The Morgan fingerprint density at radius 1 is 1.35 bits per heavy atom. The lowest BCUT2D eigenvalue weighted by molar-refractivity contribution is -0.0564. The Kier molecular flexibility index (Phi) is 3.11. The molecule has 1 aliphatic rings. The maximum atomic E-state index is 11.5. The quantitative estimate of drug-likeness (QED) is 0.444. The summed E-state index contributed by atoms with van der Waals surface area (Å²) in [6, 6.07) is 1.09. The predicted molar refractivity (Wildman–Crippen MR) is 54.3 cm³/mol. The van der Waals surface area contributed by atoms with Crippen LogP contribution in [0, 0.1) is 0 Å². The molecule has 4 N–H and O–H groups in total. The maximum absolute atomic E-state index is 11.5. The number of hydrogen-bond acceptors (Lipinski definition) is 6. The smallest absolute Gasteiger partial charge is 0.330 e. The Morgan fingerprint density at radius 2 is 2.06 bits per heavy atom. The van der Waals surface area contributed by atoms with Crippen molar-refractivity contribution >= 4 is 0 Å². The molecule has 17 heavy (non-hydrogen) atoms. The number of aliphatic hydroxyl groups is 3. The molecule has 1 aliphatic heterocycles. The van der Waals surface area contributed by atoms with Crippen molar-refractivity contribution in [1.29, 1.82) is 0 Å². The predicted octanol–water partition coefficient (Wildman–Crippen LogP) is -2.85. The fraction of sp³-hybridized carbons (Fsp3) is 0.556. The maximum Gasteiger partial charge on any atom is 0.330 e. The van der Waals surface area contributed by atoms with Gasteiger partial charge in [0.1, 0.15) is 18.3 Å². The second-order valence-corrected chi connectivity index (χ2v) is 3.72. The number of aliphatic hydroxyl groups excluding tert-OH is 3.